The van der Waals surface area contributed by atoms with Crippen LogP contribution in [0.5, 0.6) is 5.75 Å². The highest BCUT2D eigenvalue weighted by molar-refractivity contribution is 5.93. The maximum atomic E-state index is 12.5. The monoisotopic (exact) mass is 372 g/mol. The lowest BCUT2D eigenvalue weighted by atomic mass is 10.1. The summed E-state index contributed by atoms with van der Waals surface area (Å²) in [6.45, 7) is 1.97. The molecule has 28 heavy (non-hydrogen) atoms. The third kappa shape index (κ3) is 3.71. The summed E-state index contributed by atoms with van der Waals surface area (Å²) in [5.74, 6) is 1.39. The Labute approximate surface area is 162 Å². The number of carbonyl (C=O) groups excluding carboxylic acids is 1. The van der Waals surface area contributed by atoms with Crippen molar-refractivity contribution in [1.29, 1.82) is 0 Å². The number of rotatable bonds is 5. The molecular formula is C22H20N4O2. The lowest BCUT2D eigenvalue weighted by molar-refractivity contribution is -0.115. The molecule has 4 rings (SSSR count). The minimum atomic E-state index is -0.0709. The van der Waals surface area contributed by atoms with E-state index in [1.54, 1.807) is 13.3 Å². The largest absolute Gasteiger partial charge is 0.496 e. The van der Waals surface area contributed by atoms with E-state index in [1.165, 1.54) is 0 Å². The van der Waals surface area contributed by atoms with E-state index >= 15 is 0 Å². The van der Waals surface area contributed by atoms with Gasteiger partial charge in [0.05, 0.1) is 19.2 Å². The smallest absolute Gasteiger partial charge is 0.234 e. The van der Waals surface area contributed by atoms with Gasteiger partial charge in [0, 0.05) is 29.8 Å². The minimum absolute atomic E-state index is 0.0709. The molecule has 2 aromatic heterocycles. The quantitative estimate of drug-likeness (QED) is 0.577. The Morgan fingerprint density at radius 2 is 2.07 bits per heavy atom. The van der Waals surface area contributed by atoms with Gasteiger partial charge >= 0.3 is 0 Å². The zero-order valence-electron chi connectivity index (χ0n) is 15.7. The van der Waals surface area contributed by atoms with Crippen molar-refractivity contribution in [3.8, 4) is 17.0 Å². The van der Waals surface area contributed by atoms with Gasteiger partial charge in [0.25, 0.3) is 0 Å². The molecule has 6 nitrogen and oxygen atoms in total. The predicted octanol–water partition coefficient (Wildman–Crippen LogP) is 3.89. The van der Waals surface area contributed by atoms with Gasteiger partial charge in [-0.3, -0.25) is 9.20 Å². The number of nitrogens with zero attached hydrogens (tertiary/aromatic N) is 3. The van der Waals surface area contributed by atoms with Crippen LogP contribution in [0, 0.1) is 6.92 Å². The predicted molar refractivity (Wildman–Crippen MR) is 108 cm³/mol. The van der Waals surface area contributed by atoms with Crippen molar-refractivity contribution in [2.45, 2.75) is 13.3 Å². The lowest BCUT2D eigenvalue weighted by Crippen LogP contribution is -2.14. The fraction of sp³-hybridized carbons (Fsp3) is 0.136. The Morgan fingerprint density at radius 1 is 1.18 bits per heavy atom. The second kappa shape index (κ2) is 7.52. The van der Waals surface area contributed by atoms with Crippen molar-refractivity contribution in [3.63, 3.8) is 0 Å². The molecule has 0 aliphatic carbocycles. The molecule has 140 valence electrons. The van der Waals surface area contributed by atoms with Gasteiger partial charge in [0.15, 0.2) is 0 Å². The average molecular weight is 372 g/mol. The maximum absolute atomic E-state index is 12.5. The molecular weight excluding hydrogens is 352 g/mol. The van der Waals surface area contributed by atoms with Crippen molar-refractivity contribution < 1.29 is 9.53 Å². The van der Waals surface area contributed by atoms with E-state index in [2.05, 4.69) is 15.3 Å². The number of benzene rings is 2. The summed E-state index contributed by atoms with van der Waals surface area (Å²) in [5, 5.41) is 2.96. The Bertz CT molecular complexity index is 1120. The van der Waals surface area contributed by atoms with Crippen LogP contribution in [0.25, 0.3) is 17.0 Å². The summed E-state index contributed by atoms with van der Waals surface area (Å²) >= 11 is 0. The molecule has 2 heterocycles. The first-order valence-corrected chi connectivity index (χ1v) is 8.96. The van der Waals surface area contributed by atoms with Crippen LogP contribution < -0.4 is 10.1 Å². The molecule has 6 heteroatoms. The van der Waals surface area contributed by atoms with E-state index in [0.29, 0.717) is 12.2 Å². The number of imidazole rings is 1. The fourth-order valence-corrected chi connectivity index (χ4v) is 3.17. The summed E-state index contributed by atoms with van der Waals surface area (Å²) in [7, 11) is 1.64. The highest BCUT2D eigenvalue weighted by Gasteiger charge is 2.09. The number of fused-ring (bicyclic) bond motifs is 1. The minimum Gasteiger partial charge on any atom is -0.496 e. The standard InChI is InChI=1S/C22H20N4O2/c1-15-11-16(7-8-20(15)28-2)12-21(27)24-18-6-3-5-17(13-18)19-14-26-10-4-9-23-22(26)25-19/h3-11,13-14H,12H2,1-2H3,(H,24,27). The van der Waals surface area contributed by atoms with Crippen LogP contribution in [0.15, 0.2) is 67.1 Å². The Balaban J connectivity index is 1.50. The Morgan fingerprint density at radius 3 is 2.86 bits per heavy atom. The van der Waals surface area contributed by atoms with Gasteiger partial charge in [-0.1, -0.05) is 24.3 Å². The normalized spacial score (nSPS) is 10.8. The molecule has 1 N–H and O–H groups in total. The highest BCUT2D eigenvalue weighted by Crippen LogP contribution is 2.23. The van der Waals surface area contributed by atoms with Gasteiger partial charge in [0.1, 0.15) is 5.75 Å². The molecule has 0 atom stereocenters. The first kappa shape index (κ1) is 17.7. The summed E-state index contributed by atoms with van der Waals surface area (Å²) < 4.78 is 7.13. The molecule has 0 saturated heterocycles. The number of nitrogens with one attached hydrogen (secondary N) is 1. The van der Waals surface area contributed by atoms with Crippen LogP contribution in [0.1, 0.15) is 11.1 Å². The molecule has 4 aromatic rings. The number of hydrogen-bond donors (Lipinski definition) is 1. The summed E-state index contributed by atoms with van der Waals surface area (Å²) in [4.78, 5) is 21.2. The third-order valence-electron chi connectivity index (χ3n) is 4.50. The number of aromatic nitrogens is 3. The fourth-order valence-electron chi connectivity index (χ4n) is 3.17. The lowest BCUT2D eigenvalue weighted by Gasteiger charge is -2.09. The first-order valence-electron chi connectivity index (χ1n) is 8.96. The average Bonchev–Trinajstić information content (AvgIpc) is 3.12. The van der Waals surface area contributed by atoms with Gasteiger partial charge in [0.2, 0.25) is 11.7 Å². The molecule has 2 aromatic carbocycles. The number of carbonyl (C=O) groups is 1. The number of ether oxygens (including phenoxy) is 1. The van der Waals surface area contributed by atoms with Crippen LogP contribution >= 0.6 is 0 Å². The molecule has 0 spiro atoms. The number of amides is 1. The van der Waals surface area contributed by atoms with Gasteiger partial charge in [-0.25, -0.2) is 9.97 Å². The number of hydrogen-bond acceptors (Lipinski definition) is 4. The molecule has 1 amide bonds. The van der Waals surface area contributed by atoms with Crippen LogP contribution in [-0.4, -0.2) is 27.4 Å². The van der Waals surface area contributed by atoms with E-state index in [4.69, 9.17) is 4.74 Å². The van der Waals surface area contributed by atoms with Crippen LogP contribution in [0.3, 0.4) is 0 Å². The molecule has 0 saturated carbocycles. The second-order valence-corrected chi connectivity index (χ2v) is 6.56. The zero-order valence-corrected chi connectivity index (χ0v) is 15.7. The number of anilines is 1. The molecule has 0 bridgehead atoms. The Kier molecular flexibility index (Phi) is 4.76. The first-order chi connectivity index (χ1) is 13.6. The zero-order chi connectivity index (χ0) is 19.5. The van der Waals surface area contributed by atoms with Crippen molar-refractivity contribution in [2.24, 2.45) is 0 Å². The van der Waals surface area contributed by atoms with Crippen LogP contribution in [0.4, 0.5) is 5.69 Å². The molecule has 0 unspecified atom stereocenters. The summed E-state index contributed by atoms with van der Waals surface area (Å²) in [6.07, 6.45) is 5.84. The SMILES string of the molecule is COc1ccc(CC(=O)Nc2cccc(-c3cn4cccnc4n3)c2)cc1C. The molecule has 0 aliphatic rings. The summed E-state index contributed by atoms with van der Waals surface area (Å²) in [6, 6.07) is 15.3. The second-order valence-electron chi connectivity index (χ2n) is 6.56. The molecule has 0 aliphatic heterocycles. The topological polar surface area (TPSA) is 68.5 Å². The Hall–Kier alpha value is -3.67. The highest BCUT2D eigenvalue weighted by atomic mass is 16.5. The molecule has 0 radical (unpaired) electrons. The van der Waals surface area contributed by atoms with E-state index in [9.17, 15) is 4.79 Å². The van der Waals surface area contributed by atoms with E-state index in [1.807, 2.05) is 72.2 Å². The van der Waals surface area contributed by atoms with E-state index in [-0.39, 0.29) is 5.91 Å². The maximum Gasteiger partial charge on any atom is 0.234 e. The van der Waals surface area contributed by atoms with Crippen LogP contribution in [-0.2, 0) is 11.2 Å². The number of aryl methyl sites for hydroxylation is 1. The van der Waals surface area contributed by atoms with Gasteiger partial charge in [-0.15, -0.1) is 0 Å². The van der Waals surface area contributed by atoms with E-state index in [0.717, 1.165) is 33.8 Å². The van der Waals surface area contributed by atoms with Crippen molar-refractivity contribution in [2.75, 3.05) is 12.4 Å². The van der Waals surface area contributed by atoms with Crippen molar-refractivity contribution in [1.82, 2.24) is 14.4 Å². The van der Waals surface area contributed by atoms with Gasteiger partial charge < -0.3 is 10.1 Å². The summed E-state index contributed by atoms with van der Waals surface area (Å²) in [5.41, 5.74) is 4.41. The third-order valence-corrected chi connectivity index (χ3v) is 4.50. The molecule has 0 fully saturated rings. The van der Waals surface area contributed by atoms with Crippen molar-refractivity contribution in [3.05, 3.63) is 78.2 Å². The van der Waals surface area contributed by atoms with Gasteiger partial charge in [-0.05, 0) is 42.3 Å². The van der Waals surface area contributed by atoms with Gasteiger partial charge in [-0.2, -0.15) is 0 Å². The van der Waals surface area contributed by atoms with Crippen LogP contribution in [0.2, 0.25) is 0 Å². The number of methoxy groups -OCH3 is 1. The van der Waals surface area contributed by atoms with Crippen molar-refractivity contribution >= 4 is 17.4 Å². The van der Waals surface area contributed by atoms with E-state index < -0.39 is 0 Å².